The molecule has 8 heteroatoms. The van der Waals surface area contributed by atoms with E-state index in [0.717, 1.165) is 22.0 Å². The molecule has 0 unspecified atom stereocenters. The van der Waals surface area contributed by atoms with E-state index in [4.69, 9.17) is 17.2 Å². The van der Waals surface area contributed by atoms with Gasteiger partial charge in [-0.2, -0.15) is 5.10 Å². The number of anilines is 2. The van der Waals surface area contributed by atoms with E-state index >= 15 is 0 Å². The van der Waals surface area contributed by atoms with Crippen molar-refractivity contribution < 1.29 is 4.79 Å². The number of nitrogen functional groups attached to an aromatic ring is 2. The first-order chi connectivity index (χ1) is 13.0. The van der Waals surface area contributed by atoms with Crippen molar-refractivity contribution >= 4 is 28.2 Å². The summed E-state index contributed by atoms with van der Waals surface area (Å²) in [5.41, 5.74) is 21.9. The summed E-state index contributed by atoms with van der Waals surface area (Å²) in [5.74, 6) is -0.449. The fourth-order valence-corrected chi connectivity index (χ4v) is 3.11. The molecule has 2 aromatic carbocycles. The minimum atomic E-state index is -0.732. The van der Waals surface area contributed by atoms with Crippen LogP contribution in [0.4, 0.5) is 11.4 Å². The standard InChI is InChI=1S/C19H17N7O/c1-9-6-7-13-11(8-23-26-13)14(9)16-15(21)17(18(22)27)25-19(24-16)10-4-2-3-5-12(10)20/h2-8H,20-21H2,1H3,(H2,22,27)(H,23,26). The van der Waals surface area contributed by atoms with Crippen LogP contribution < -0.4 is 17.2 Å². The maximum atomic E-state index is 12.0. The number of aryl methyl sites for hydroxylation is 1. The summed E-state index contributed by atoms with van der Waals surface area (Å²) < 4.78 is 0. The van der Waals surface area contributed by atoms with Crippen molar-refractivity contribution in [2.75, 3.05) is 11.5 Å². The van der Waals surface area contributed by atoms with Gasteiger partial charge in [-0.3, -0.25) is 9.89 Å². The minimum Gasteiger partial charge on any atom is -0.398 e. The second kappa shape index (κ2) is 6.10. The lowest BCUT2D eigenvalue weighted by Crippen LogP contribution is -2.18. The van der Waals surface area contributed by atoms with Crippen molar-refractivity contribution in [2.45, 2.75) is 6.92 Å². The number of carbonyl (C=O) groups is 1. The Kier molecular flexibility index (Phi) is 3.73. The molecule has 7 N–H and O–H groups in total. The molecular formula is C19H17N7O. The second-order valence-corrected chi connectivity index (χ2v) is 6.20. The normalized spacial score (nSPS) is 11.0. The van der Waals surface area contributed by atoms with Crippen LogP contribution in [0.2, 0.25) is 0 Å². The van der Waals surface area contributed by atoms with Crippen molar-refractivity contribution in [2.24, 2.45) is 5.73 Å². The molecule has 0 aliphatic rings. The Morgan fingerprint density at radius 2 is 1.85 bits per heavy atom. The van der Waals surface area contributed by atoms with E-state index in [1.54, 1.807) is 18.3 Å². The number of hydrogen-bond acceptors (Lipinski definition) is 6. The molecule has 0 bridgehead atoms. The van der Waals surface area contributed by atoms with Gasteiger partial charge >= 0.3 is 0 Å². The van der Waals surface area contributed by atoms with Gasteiger partial charge in [0.2, 0.25) is 0 Å². The molecule has 0 fully saturated rings. The third-order valence-corrected chi connectivity index (χ3v) is 4.45. The number of nitrogens with one attached hydrogen (secondary N) is 1. The van der Waals surface area contributed by atoms with Crippen LogP contribution in [-0.4, -0.2) is 26.1 Å². The number of para-hydroxylation sites is 1. The van der Waals surface area contributed by atoms with Crippen LogP contribution in [0.3, 0.4) is 0 Å². The number of aromatic nitrogens is 4. The monoisotopic (exact) mass is 359 g/mol. The number of aromatic amines is 1. The number of benzene rings is 2. The van der Waals surface area contributed by atoms with Crippen LogP contribution in [0.15, 0.2) is 42.6 Å². The molecule has 0 aliphatic heterocycles. The average Bonchev–Trinajstić information content (AvgIpc) is 3.11. The van der Waals surface area contributed by atoms with Gasteiger partial charge in [0.15, 0.2) is 11.5 Å². The van der Waals surface area contributed by atoms with Gasteiger partial charge in [-0.15, -0.1) is 0 Å². The van der Waals surface area contributed by atoms with Gasteiger partial charge in [0.1, 0.15) is 0 Å². The molecule has 2 heterocycles. The summed E-state index contributed by atoms with van der Waals surface area (Å²) in [7, 11) is 0. The molecule has 4 aromatic rings. The van der Waals surface area contributed by atoms with E-state index in [9.17, 15) is 4.79 Å². The van der Waals surface area contributed by atoms with Gasteiger partial charge in [0.05, 0.1) is 23.1 Å². The summed E-state index contributed by atoms with van der Waals surface area (Å²) in [5, 5.41) is 7.85. The van der Waals surface area contributed by atoms with Gasteiger partial charge in [-0.05, 0) is 30.7 Å². The van der Waals surface area contributed by atoms with Gasteiger partial charge in [-0.25, -0.2) is 9.97 Å². The van der Waals surface area contributed by atoms with E-state index < -0.39 is 5.91 Å². The molecule has 8 nitrogen and oxygen atoms in total. The van der Waals surface area contributed by atoms with Crippen LogP contribution in [0, 0.1) is 6.92 Å². The Hall–Kier alpha value is -3.94. The minimum absolute atomic E-state index is 0.0434. The van der Waals surface area contributed by atoms with Crippen molar-refractivity contribution in [3.05, 3.63) is 53.9 Å². The van der Waals surface area contributed by atoms with Gasteiger partial charge in [-0.1, -0.05) is 18.2 Å². The highest BCUT2D eigenvalue weighted by Gasteiger charge is 2.21. The number of nitrogens with zero attached hydrogens (tertiary/aromatic N) is 3. The smallest absolute Gasteiger partial charge is 0.269 e. The number of primary amides is 1. The fraction of sp³-hybridized carbons (Fsp3) is 0.0526. The topological polar surface area (TPSA) is 150 Å². The predicted octanol–water partition coefficient (Wildman–Crippen LogP) is 2.26. The van der Waals surface area contributed by atoms with E-state index in [1.807, 2.05) is 31.2 Å². The van der Waals surface area contributed by atoms with Crippen LogP contribution in [-0.2, 0) is 0 Å². The predicted molar refractivity (Wildman–Crippen MR) is 105 cm³/mol. The molecule has 0 aliphatic carbocycles. The molecule has 4 rings (SSSR count). The van der Waals surface area contributed by atoms with Crippen LogP contribution in [0.25, 0.3) is 33.5 Å². The number of rotatable bonds is 3. The Bertz CT molecular complexity index is 1200. The molecule has 2 aromatic heterocycles. The van der Waals surface area contributed by atoms with E-state index in [-0.39, 0.29) is 17.2 Å². The second-order valence-electron chi connectivity index (χ2n) is 6.20. The average molecular weight is 359 g/mol. The molecule has 0 radical (unpaired) electrons. The van der Waals surface area contributed by atoms with E-state index in [0.29, 0.717) is 16.9 Å². The molecule has 0 spiro atoms. The highest BCUT2D eigenvalue weighted by molar-refractivity contribution is 6.04. The lowest BCUT2D eigenvalue weighted by atomic mass is 9.99. The Balaban J connectivity index is 2.09. The molecule has 0 saturated carbocycles. The quantitative estimate of drug-likeness (QED) is 0.412. The SMILES string of the molecule is Cc1ccc2[nH]ncc2c1-c1nc(-c2ccccc2N)nc(C(N)=O)c1N. The third-order valence-electron chi connectivity index (χ3n) is 4.45. The van der Waals surface area contributed by atoms with Crippen LogP contribution in [0.5, 0.6) is 0 Å². The van der Waals surface area contributed by atoms with Crippen molar-refractivity contribution in [1.29, 1.82) is 0 Å². The first-order valence-corrected chi connectivity index (χ1v) is 8.22. The molecule has 0 saturated heterocycles. The number of H-pyrrole nitrogens is 1. The van der Waals surface area contributed by atoms with Gasteiger partial charge in [0.25, 0.3) is 5.91 Å². The molecule has 27 heavy (non-hydrogen) atoms. The number of fused-ring (bicyclic) bond motifs is 1. The van der Waals surface area contributed by atoms with Gasteiger partial charge < -0.3 is 17.2 Å². The summed E-state index contributed by atoms with van der Waals surface area (Å²) in [6.07, 6.45) is 1.69. The van der Waals surface area contributed by atoms with Crippen LogP contribution >= 0.6 is 0 Å². The largest absolute Gasteiger partial charge is 0.398 e. The molecule has 134 valence electrons. The first kappa shape index (κ1) is 16.5. The molecular weight excluding hydrogens is 342 g/mol. The summed E-state index contributed by atoms with van der Waals surface area (Å²) >= 11 is 0. The van der Waals surface area contributed by atoms with E-state index in [2.05, 4.69) is 20.2 Å². The molecule has 1 amide bonds. The third kappa shape index (κ3) is 2.63. The summed E-state index contributed by atoms with van der Waals surface area (Å²) in [4.78, 5) is 20.9. The Morgan fingerprint density at radius 1 is 1.07 bits per heavy atom. The lowest BCUT2D eigenvalue weighted by molar-refractivity contribution is 0.0996. The first-order valence-electron chi connectivity index (χ1n) is 8.22. The van der Waals surface area contributed by atoms with Gasteiger partial charge in [0, 0.05) is 22.2 Å². The van der Waals surface area contributed by atoms with Crippen LogP contribution in [0.1, 0.15) is 16.1 Å². The zero-order valence-electron chi connectivity index (χ0n) is 14.5. The maximum absolute atomic E-state index is 12.0. The Morgan fingerprint density at radius 3 is 2.59 bits per heavy atom. The van der Waals surface area contributed by atoms with Crippen molar-refractivity contribution in [3.63, 3.8) is 0 Å². The molecule has 0 atom stereocenters. The highest BCUT2D eigenvalue weighted by Crippen LogP contribution is 2.36. The fourth-order valence-electron chi connectivity index (χ4n) is 3.11. The lowest BCUT2D eigenvalue weighted by Gasteiger charge is -2.14. The van der Waals surface area contributed by atoms with Crippen molar-refractivity contribution in [3.8, 4) is 22.6 Å². The maximum Gasteiger partial charge on any atom is 0.269 e. The summed E-state index contributed by atoms with van der Waals surface area (Å²) in [6, 6.07) is 11.0. The summed E-state index contributed by atoms with van der Waals surface area (Å²) in [6.45, 7) is 1.93. The number of carbonyl (C=O) groups excluding carboxylic acids is 1. The highest BCUT2D eigenvalue weighted by atomic mass is 16.1. The zero-order valence-corrected chi connectivity index (χ0v) is 14.5. The Labute approximate surface area is 154 Å². The number of amides is 1. The number of hydrogen-bond donors (Lipinski definition) is 4. The number of nitrogens with two attached hydrogens (primary N) is 3. The zero-order chi connectivity index (χ0) is 19.1. The van der Waals surface area contributed by atoms with Crippen molar-refractivity contribution in [1.82, 2.24) is 20.2 Å². The van der Waals surface area contributed by atoms with E-state index in [1.165, 1.54) is 0 Å².